The van der Waals surface area contributed by atoms with E-state index in [4.69, 9.17) is 39.8 Å². The van der Waals surface area contributed by atoms with Crippen LogP contribution in [0, 0.1) is 0 Å². The molecule has 0 fully saturated rings. The van der Waals surface area contributed by atoms with Crippen LogP contribution in [0.5, 0.6) is 17.2 Å². The Hall–Kier alpha value is -11.8. The fourth-order valence-electron chi connectivity index (χ4n) is 9.88. The Labute approximate surface area is 648 Å². The number of nitrogens with one attached hydrogen (secondary N) is 6. The van der Waals surface area contributed by atoms with Gasteiger partial charge in [0.25, 0.3) is 34.4 Å². The van der Waals surface area contributed by atoms with E-state index in [1.54, 1.807) is 105 Å². The molecule has 5 amide bonds. The van der Waals surface area contributed by atoms with Crippen molar-refractivity contribution in [3.63, 3.8) is 0 Å². The summed E-state index contributed by atoms with van der Waals surface area (Å²) in [5.41, 5.74) is 4.16. The van der Waals surface area contributed by atoms with E-state index in [1.165, 1.54) is 110 Å². The highest BCUT2D eigenvalue weighted by Crippen LogP contribution is 2.21. The Morgan fingerprint density at radius 1 is 0.504 bits per heavy atom. The molecule has 10 N–H and O–H groups in total. The Balaban J connectivity index is 0.000000253. The van der Waals surface area contributed by atoms with Crippen molar-refractivity contribution >= 4 is 104 Å². The Kier molecular flexibility index (Phi) is 33.5. The number of carboxylic acid groups (broad SMARTS) is 2. The number of benzene rings is 3. The van der Waals surface area contributed by atoms with Crippen molar-refractivity contribution in [3.05, 3.63) is 230 Å². The maximum atomic E-state index is 12.8. The van der Waals surface area contributed by atoms with Crippen molar-refractivity contribution in [2.45, 2.75) is 72.1 Å². The van der Waals surface area contributed by atoms with Gasteiger partial charge in [-0.15, -0.1) is 0 Å². The summed E-state index contributed by atoms with van der Waals surface area (Å²) in [6.07, 6.45) is 1.20. The number of pyridine rings is 6. The number of quaternary nitrogens is 1. The first kappa shape index (κ1) is 90.1. The molecule has 0 aliphatic carbocycles. The van der Waals surface area contributed by atoms with Crippen LogP contribution in [0.1, 0.15) is 64.2 Å². The summed E-state index contributed by atoms with van der Waals surface area (Å²) in [4.78, 5) is 118. The minimum absolute atomic E-state index is 0.0124. The number of sulfonamides is 3. The van der Waals surface area contributed by atoms with Crippen molar-refractivity contribution in [2.75, 3.05) is 73.2 Å². The normalized spacial score (nSPS) is 12.2. The molecule has 4 radical (unpaired) electrons. The maximum Gasteiger partial charge on any atom is 0.430 e. The van der Waals surface area contributed by atoms with Crippen LogP contribution in [0.3, 0.4) is 0 Å². The highest BCUT2D eigenvalue weighted by Gasteiger charge is 2.34. The molecule has 0 saturated carbocycles. The van der Waals surface area contributed by atoms with Crippen LogP contribution in [-0.2, 0) is 39.7 Å². The minimum Gasteiger partial charge on any atom is -0.542 e. The van der Waals surface area contributed by atoms with Gasteiger partial charge in [-0.25, -0.2) is 30.0 Å². The molecule has 3 atom stereocenters. The third kappa shape index (κ3) is 27.3. The molecule has 3 aromatic carbocycles. The average Bonchev–Trinajstić information content (AvgIpc) is 0.817. The summed E-state index contributed by atoms with van der Waals surface area (Å²) < 4.78 is 133. The first-order valence-corrected chi connectivity index (χ1v) is 38.4. The first-order chi connectivity index (χ1) is 53.3. The maximum absolute atomic E-state index is 12.8. The predicted molar refractivity (Wildman–Crippen MR) is 405 cm³/mol. The zero-order chi connectivity index (χ0) is 83.4. The molecular formula is C72H79B2F3N12O21S3. The molecule has 0 aliphatic rings. The van der Waals surface area contributed by atoms with Gasteiger partial charge in [-0.1, -0.05) is 54.6 Å². The summed E-state index contributed by atoms with van der Waals surface area (Å²) in [5, 5.41) is 31.1. The third-order valence-corrected chi connectivity index (χ3v) is 21.4. The van der Waals surface area contributed by atoms with E-state index in [9.17, 15) is 86.7 Å². The molecule has 0 spiro atoms. The van der Waals surface area contributed by atoms with E-state index >= 15 is 0 Å². The quantitative estimate of drug-likeness (QED) is 0.0214. The molecule has 33 nitrogen and oxygen atoms in total. The van der Waals surface area contributed by atoms with Crippen molar-refractivity contribution < 1.29 is 102 Å². The van der Waals surface area contributed by atoms with Gasteiger partial charge in [0.2, 0.25) is 30.1 Å². The molecule has 0 unspecified atom stereocenters. The van der Waals surface area contributed by atoms with Crippen molar-refractivity contribution in [1.82, 2.24) is 53.1 Å². The number of hydrogen-bond acceptors (Lipinski definition) is 20. The second kappa shape index (κ2) is 42.0. The van der Waals surface area contributed by atoms with Gasteiger partial charge in [0, 0.05) is 117 Å². The molecule has 9 rings (SSSR count). The van der Waals surface area contributed by atoms with Crippen LogP contribution in [-0.4, -0.2) is 207 Å². The number of alkyl halides is 3. The molecule has 0 bridgehead atoms. The standard InChI is InChI=1S/C24H27BN4O6S.C23H25BN4O6S.C23H26N4O7S.C2HF3O2/c1-17(28(2)36(33,34)21-7-4-3-5-8-21)15-27-23(31)18-13-19-9-10-20(16-29(19)22(30)14-18)35-12-6-11-26-24(25)32;1-16(27-35(32,33)20-6-3-2-4-7-20)14-26-22(30)17-12-18-8-9-19(15-28(18)21(29)13-17)34-11-5-10-25-23(24)31;1-26(35(32,33)19-6-3-2-4-7-19)20(23(30)31)14-25-22(29)16-12-17-8-9-18(34-11-5-10-24)15-27(17)21(28)13-16;3-2(4,5)1(6)7/h3-5,7-10,13-14,16-17H,6,11-12,15H2,1-2H3,(H,26,32)(H,27,31);2-4,6-9,12-13,15-16,27H,5,10-11,14H2,1H3,(H,25,31)(H,26,30);2-4,6-9,12-13,15,20H,5,10-11,14,24H2,1H3,(H,25,29)(H,30,31);(H,6,7)/t17-;16-;20-;/m110./s1. The van der Waals surface area contributed by atoms with Gasteiger partial charge in [-0.2, -0.15) is 21.8 Å². The van der Waals surface area contributed by atoms with Crippen molar-refractivity contribution in [1.29, 1.82) is 0 Å². The number of hydrogen-bond donors (Lipinski definition) is 8. The molecule has 113 heavy (non-hydrogen) atoms. The molecule has 0 aliphatic heterocycles. The number of ether oxygens (including phenoxy) is 3. The van der Waals surface area contributed by atoms with Crippen LogP contribution in [0.2, 0.25) is 0 Å². The largest absolute Gasteiger partial charge is 0.542 e. The molecule has 598 valence electrons. The lowest BCUT2D eigenvalue weighted by atomic mass is 10.1. The average molecular weight is 1620 g/mol. The van der Waals surface area contributed by atoms with Gasteiger partial charge in [0.15, 0.2) is 27.3 Å². The zero-order valence-electron chi connectivity index (χ0n) is 61.1. The van der Waals surface area contributed by atoms with Crippen LogP contribution >= 0.6 is 0 Å². The second-order valence-corrected chi connectivity index (χ2v) is 30.1. The van der Waals surface area contributed by atoms with Crippen molar-refractivity contribution in [3.8, 4) is 17.2 Å². The van der Waals surface area contributed by atoms with Crippen molar-refractivity contribution in [2.24, 2.45) is 0 Å². The van der Waals surface area contributed by atoms with E-state index in [0.29, 0.717) is 83.9 Å². The highest BCUT2D eigenvalue weighted by molar-refractivity contribution is 7.90. The van der Waals surface area contributed by atoms with Gasteiger partial charge in [-0.3, -0.25) is 56.4 Å². The smallest absolute Gasteiger partial charge is 0.430 e. The molecule has 0 saturated heterocycles. The minimum atomic E-state index is -5.19. The van der Waals surface area contributed by atoms with Gasteiger partial charge in [-0.05, 0) is 118 Å². The van der Waals surface area contributed by atoms with Gasteiger partial charge in [0.1, 0.15) is 29.3 Å². The fraction of sp³-hybridized carbons (Fsp3) is 0.278. The summed E-state index contributed by atoms with van der Waals surface area (Å²) in [5.74, 6) is -5.95. The lowest BCUT2D eigenvalue weighted by molar-refractivity contribution is -0.368. The summed E-state index contributed by atoms with van der Waals surface area (Å²) >= 11 is 0. The lowest BCUT2D eigenvalue weighted by Crippen LogP contribution is -2.50. The number of nitrogens with zero attached hydrogens (tertiary/aromatic N) is 5. The Morgan fingerprint density at radius 2 is 0.841 bits per heavy atom. The van der Waals surface area contributed by atoms with Crippen LogP contribution in [0.15, 0.2) is 211 Å². The number of carbonyl (C=O) groups is 7. The summed E-state index contributed by atoms with van der Waals surface area (Å²) in [6.45, 7) is 5.44. The van der Waals surface area contributed by atoms with E-state index in [-0.39, 0.29) is 44.5 Å². The SMILES string of the molecule is CN([C@@H](CNC(=O)c1cc(=O)n2cc(OCCC[NH3+])ccc2c1)C(=O)O)S(=O)(=O)c1ccccc1.O=C([O-])C(F)(F)F.[B]C(=O)NCCCOc1ccc2cc(C(=O)NC[C@@H](C)N(C)S(=O)(=O)c3ccccc3)cc(=O)n2c1.[B]C(=O)NCCCOc1ccc2cc(C(=O)NC[C@@H](C)NS(=O)(=O)c3ccccc3)cc(=O)n2c1. The van der Waals surface area contributed by atoms with Crippen LogP contribution in [0.25, 0.3) is 16.6 Å². The topological polar surface area (TPSA) is 464 Å². The van der Waals surface area contributed by atoms with Gasteiger partial charge >= 0.3 is 12.1 Å². The molecular weight excluding hydrogens is 1540 g/mol. The zero-order valence-corrected chi connectivity index (χ0v) is 63.6. The van der Waals surface area contributed by atoms with E-state index in [1.807, 2.05) is 0 Å². The second-order valence-electron chi connectivity index (χ2n) is 24.4. The predicted octanol–water partition coefficient (Wildman–Crippen LogP) is 1.54. The Morgan fingerprint density at radius 3 is 1.19 bits per heavy atom. The van der Waals surface area contributed by atoms with Gasteiger partial charge in [0.05, 0.1) is 59.6 Å². The number of carboxylic acids is 2. The number of halogens is 3. The summed E-state index contributed by atoms with van der Waals surface area (Å²) in [6, 6.07) is 38.7. The number of amides is 5. The molecule has 6 heterocycles. The lowest BCUT2D eigenvalue weighted by Gasteiger charge is -2.24. The first-order valence-electron chi connectivity index (χ1n) is 34.1. The number of carbonyl (C=O) groups excluding carboxylic acids is 6. The van der Waals surface area contributed by atoms with Crippen LogP contribution < -0.4 is 73.0 Å². The number of likely N-dealkylation sites (N-methyl/N-ethyl adjacent to an activating group) is 2. The molecule has 9 aromatic rings. The fourth-order valence-corrected chi connectivity index (χ4v) is 13.9. The number of aliphatic carboxylic acids is 2. The Bertz CT molecular complexity index is 5390. The van der Waals surface area contributed by atoms with E-state index in [0.717, 1.165) is 26.1 Å². The van der Waals surface area contributed by atoms with E-state index < -0.39 is 119 Å². The van der Waals surface area contributed by atoms with Gasteiger partial charge < -0.3 is 61.5 Å². The summed E-state index contributed by atoms with van der Waals surface area (Å²) in [7, 11) is 1.04. The van der Waals surface area contributed by atoms with Crippen LogP contribution in [0.4, 0.5) is 22.8 Å². The van der Waals surface area contributed by atoms with E-state index in [2.05, 4.69) is 37.0 Å². The molecule has 41 heteroatoms. The number of aromatic nitrogens is 3. The number of fused-ring (bicyclic) bond motifs is 3. The molecule has 6 aromatic heterocycles. The number of rotatable bonds is 33. The third-order valence-electron chi connectivity index (χ3n) is 16.0. The highest BCUT2D eigenvalue weighted by atomic mass is 32.2. The monoisotopic (exact) mass is 1620 g/mol.